The Morgan fingerprint density at radius 1 is 0.500 bits per heavy atom. The molecule has 8 heteroatoms. The van der Waals surface area contributed by atoms with E-state index >= 15 is 0 Å². The van der Waals surface area contributed by atoms with Gasteiger partial charge in [0, 0.05) is 36.6 Å². The molecular weight excluding hydrogens is 412 g/mol. The molecule has 0 N–H and O–H groups in total. The maximum atomic E-state index is 5.67. The second-order valence-corrected chi connectivity index (χ2v) is 7.95. The summed E-state index contributed by atoms with van der Waals surface area (Å²) in [6, 6.07) is 18.3. The fraction of sp³-hybridized carbons (Fsp3) is 0.250. The molecule has 3 aromatic carbocycles. The van der Waals surface area contributed by atoms with Crippen LogP contribution in [0.1, 0.15) is 11.7 Å². The van der Waals surface area contributed by atoms with Gasteiger partial charge in [0.2, 0.25) is 20.4 Å². The Morgan fingerprint density at radius 2 is 0.938 bits per heavy atom. The summed E-state index contributed by atoms with van der Waals surface area (Å²) in [6.45, 7) is 2.45. The molecular formula is C24H20N2O6. The molecule has 4 aliphatic rings. The van der Waals surface area contributed by atoms with E-state index in [9.17, 15) is 0 Å². The molecule has 0 spiro atoms. The van der Waals surface area contributed by atoms with Crippen molar-refractivity contribution in [3.05, 3.63) is 60.2 Å². The van der Waals surface area contributed by atoms with Crippen molar-refractivity contribution >= 4 is 11.4 Å². The average molecular weight is 432 g/mol. The summed E-state index contributed by atoms with van der Waals surface area (Å²) < 4.78 is 33.5. The van der Waals surface area contributed by atoms with Crippen LogP contribution in [0.4, 0.5) is 11.4 Å². The molecule has 8 nitrogen and oxygen atoms in total. The molecule has 0 aliphatic carbocycles. The Kier molecular flexibility index (Phi) is 3.75. The molecule has 0 atom stereocenters. The number of fused-ring (bicyclic) bond motifs is 3. The van der Waals surface area contributed by atoms with E-state index in [0.29, 0.717) is 0 Å². The highest BCUT2D eigenvalue weighted by molar-refractivity contribution is 5.65. The third kappa shape index (κ3) is 2.69. The van der Waals surface area contributed by atoms with Crippen LogP contribution in [0, 0.1) is 0 Å². The Bertz CT molecular complexity index is 1150. The van der Waals surface area contributed by atoms with Gasteiger partial charge in [-0.15, -0.1) is 0 Å². The number of ether oxygens (including phenoxy) is 6. The fourth-order valence-corrected chi connectivity index (χ4v) is 4.73. The van der Waals surface area contributed by atoms with E-state index in [0.717, 1.165) is 64.5 Å². The van der Waals surface area contributed by atoms with E-state index in [-0.39, 0.29) is 26.5 Å². The maximum Gasteiger partial charge on any atom is 0.231 e. The summed E-state index contributed by atoms with van der Waals surface area (Å²) in [5.74, 6) is 4.64. The lowest BCUT2D eigenvalue weighted by Crippen LogP contribution is -2.30. The SMILES string of the molecule is c1cc2c(cc1C1N(c3ccc4c(c3)OCO4)CCN1c1ccc3c(c1)OCO3)OCO2. The van der Waals surface area contributed by atoms with Crippen molar-refractivity contribution in [2.45, 2.75) is 6.17 Å². The van der Waals surface area contributed by atoms with Gasteiger partial charge in [-0.05, 0) is 42.0 Å². The van der Waals surface area contributed by atoms with Crippen molar-refractivity contribution in [3.63, 3.8) is 0 Å². The Labute approximate surface area is 184 Å². The zero-order valence-corrected chi connectivity index (χ0v) is 17.2. The first kappa shape index (κ1) is 17.7. The summed E-state index contributed by atoms with van der Waals surface area (Å²) in [4.78, 5) is 4.73. The summed E-state index contributed by atoms with van der Waals surface area (Å²) in [6.07, 6.45) is -0.0507. The van der Waals surface area contributed by atoms with Gasteiger partial charge in [-0.25, -0.2) is 0 Å². The summed E-state index contributed by atoms with van der Waals surface area (Å²) in [7, 11) is 0. The van der Waals surface area contributed by atoms with Crippen LogP contribution in [0.15, 0.2) is 54.6 Å². The van der Waals surface area contributed by atoms with Gasteiger partial charge in [0.25, 0.3) is 0 Å². The van der Waals surface area contributed by atoms with E-state index in [1.807, 2.05) is 30.3 Å². The molecule has 1 saturated heterocycles. The number of hydrogen-bond donors (Lipinski definition) is 0. The first-order valence-electron chi connectivity index (χ1n) is 10.6. The minimum Gasteiger partial charge on any atom is -0.454 e. The third-order valence-corrected chi connectivity index (χ3v) is 6.24. The van der Waals surface area contributed by atoms with Gasteiger partial charge in [-0.3, -0.25) is 0 Å². The molecule has 0 radical (unpaired) electrons. The van der Waals surface area contributed by atoms with Crippen LogP contribution in [0.2, 0.25) is 0 Å². The molecule has 4 aliphatic heterocycles. The van der Waals surface area contributed by atoms with Crippen molar-refractivity contribution in [2.24, 2.45) is 0 Å². The molecule has 0 amide bonds. The quantitative estimate of drug-likeness (QED) is 0.618. The van der Waals surface area contributed by atoms with Gasteiger partial charge in [-0.2, -0.15) is 0 Å². The van der Waals surface area contributed by atoms with Gasteiger partial charge in [0.1, 0.15) is 6.17 Å². The topological polar surface area (TPSA) is 61.9 Å². The van der Waals surface area contributed by atoms with Crippen LogP contribution in [-0.4, -0.2) is 33.5 Å². The third-order valence-electron chi connectivity index (χ3n) is 6.24. The van der Waals surface area contributed by atoms with E-state index in [2.05, 4.69) is 34.1 Å². The van der Waals surface area contributed by atoms with Gasteiger partial charge in [-0.1, -0.05) is 6.07 Å². The zero-order valence-electron chi connectivity index (χ0n) is 17.2. The number of benzene rings is 3. The molecule has 0 aromatic heterocycles. The van der Waals surface area contributed by atoms with Gasteiger partial charge in [0.15, 0.2) is 34.5 Å². The maximum absolute atomic E-state index is 5.67. The highest BCUT2D eigenvalue weighted by atomic mass is 16.7. The lowest BCUT2D eigenvalue weighted by atomic mass is 10.1. The van der Waals surface area contributed by atoms with E-state index in [1.165, 1.54) is 0 Å². The predicted molar refractivity (Wildman–Crippen MR) is 115 cm³/mol. The van der Waals surface area contributed by atoms with Crippen LogP contribution < -0.4 is 38.2 Å². The number of rotatable bonds is 3. The van der Waals surface area contributed by atoms with E-state index in [1.54, 1.807) is 0 Å². The average Bonchev–Trinajstić information content (AvgIpc) is 3.62. The minimum absolute atomic E-state index is 0.0507. The van der Waals surface area contributed by atoms with Crippen molar-refractivity contribution < 1.29 is 28.4 Å². The summed E-state index contributed by atoms with van der Waals surface area (Å²) in [5.41, 5.74) is 3.25. The van der Waals surface area contributed by atoms with Crippen molar-refractivity contribution in [1.29, 1.82) is 0 Å². The van der Waals surface area contributed by atoms with E-state index < -0.39 is 0 Å². The summed E-state index contributed by atoms with van der Waals surface area (Å²) >= 11 is 0. The van der Waals surface area contributed by atoms with Crippen LogP contribution in [0.5, 0.6) is 34.5 Å². The first-order chi connectivity index (χ1) is 15.8. The highest BCUT2D eigenvalue weighted by Gasteiger charge is 2.36. The number of nitrogens with zero attached hydrogens (tertiary/aromatic N) is 2. The molecule has 1 fully saturated rings. The zero-order chi connectivity index (χ0) is 21.1. The first-order valence-corrected chi connectivity index (χ1v) is 10.6. The Hall–Kier alpha value is -3.94. The Balaban J connectivity index is 1.32. The lowest BCUT2D eigenvalue weighted by molar-refractivity contribution is 0.173. The second-order valence-electron chi connectivity index (χ2n) is 7.95. The van der Waals surface area contributed by atoms with Crippen molar-refractivity contribution in [1.82, 2.24) is 0 Å². The molecule has 4 heterocycles. The molecule has 3 aromatic rings. The molecule has 0 saturated carbocycles. The molecule has 0 unspecified atom stereocenters. The smallest absolute Gasteiger partial charge is 0.231 e. The van der Waals surface area contributed by atoms with Gasteiger partial charge >= 0.3 is 0 Å². The molecule has 0 bridgehead atoms. The highest BCUT2D eigenvalue weighted by Crippen LogP contribution is 2.45. The monoisotopic (exact) mass is 432 g/mol. The molecule has 32 heavy (non-hydrogen) atoms. The van der Waals surface area contributed by atoms with E-state index in [4.69, 9.17) is 28.4 Å². The number of anilines is 2. The van der Waals surface area contributed by atoms with Crippen LogP contribution in [-0.2, 0) is 0 Å². The number of hydrogen-bond acceptors (Lipinski definition) is 8. The van der Waals surface area contributed by atoms with Crippen molar-refractivity contribution in [2.75, 3.05) is 43.3 Å². The van der Waals surface area contributed by atoms with Gasteiger partial charge < -0.3 is 38.2 Å². The van der Waals surface area contributed by atoms with Crippen LogP contribution in [0.3, 0.4) is 0 Å². The fourth-order valence-electron chi connectivity index (χ4n) is 4.73. The standard InChI is InChI=1S/C24H20N2O6/c1-4-18-21(30-12-27-18)9-15(1)24-25(16-2-5-19-22(10-16)31-13-28-19)7-8-26(24)17-3-6-20-23(11-17)32-14-29-20/h1-6,9-11,24H,7-8,12-14H2. The summed E-state index contributed by atoms with van der Waals surface area (Å²) in [5, 5.41) is 0. The molecule has 7 rings (SSSR count). The van der Waals surface area contributed by atoms with Crippen LogP contribution >= 0.6 is 0 Å². The Morgan fingerprint density at radius 3 is 1.47 bits per heavy atom. The second kappa shape index (κ2) is 6.78. The van der Waals surface area contributed by atoms with Crippen LogP contribution in [0.25, 0.3) is 0 Å². The van der Waals surface area contributed by atoms with Crippen molar-refractivity contribution in [3.8, 4) is 34.5 Å². The largest absolute Gasteiger partial charge is 0.454 e. The molecule has 162 valence electrons. The normalized spacial score (nSPS) is 18.0. The minimum atomic E-state index is -0.0507. The lowest BCUT2D eigenvalue weighted by Gasteiger charge is -2.33. The predicted octanol–water partition coefficient (Wildman–Crippen LogP) is 3.90. The van der Waals surface area contributed by atoms with Gasteiger partial charge in [0.05, 0.1) is 0 Å².